The molecule has 1 aliphatic rings. The first-order valence-electron chi connectivity index (χ1n) is 5.70. The minimum absolute atomic E-state index is 0.0121. The molecule has 1 aromatic rings. The van der Waals surface area contributed by atoms with E-state index < -0.39 is 5.97 Å². The van der Waals surface area contributed by atoms with Crippen molar-refractivity contribution < 1.29 is 14.3 Å². The van der Waals surface area contributed by atoms with E-state index in [9.17, 15) is 4.79 Å². The number of hydrogen-bond acceptors (Lipinski definition) is 3. The molecule has 4 heteroatoms. The molecule has 1 heterocycles. The second-order valence-electron chi connectivity index (χ2n) is 4.72. The van der Waals surface area contributed by atoms with Crippen LogP contribution >= 0.6 is 0 Å². The summed E-state index contributed by atoms with van der Waals surface area (Å²) >= 11 is 0. The van der Waals surface area contributed by atoms with Gasteiger partial charge in [0.25, 0.3) is 0 Å². The lowest BCUT2D eigenvalue weighted by atomic mass is 9.83. The Labute approximate surface area is 94.6 Å². The summed E-state index contributed by atoms with van der Waals surface area (Å²) in [6, 6.07) is 3.17. The van der Waals surface area contributed by atoms with E-state index in [0.29, 0.717) is 5.88 Å². The number of carbonyl (C=O) groups is 1. The van der Waals surface area contributed by atoms with Crippen LogP contribution in [0.25, 0.3) is 0 Å². The van der Waals surface area contributed by atoms with Crippen molar-refractivity contribution in [1.82, 2.24) is 0 Å². The van der Waals surface area contributed by atoms with Crippen molar-refractivity contribution in [2.75, 3.05) is 5.32 Å². The first-order valence-corrected chi connectivity index (χ1v) is 5.70. The second kappa shape index (κ2) is 4.20. The highest BCUT2D eigenvalue weighted by molar-refractivity contribution is 5.84. The van der Waals surface area contributed by atoms with Crippen LogP contribution in [-0.4, -0.2) is 16.6 Å². The third-order valence-corrected chi connectivity index (χ3v) is 3.20. The summed E-state index contributed by atoms with van der Waals surface area (Å²) in [7, 11) is 0. The van der Waals surface area contributed by atoms with E-state index in [1.165, 1.54) is 25.3 Å². The maximum atomic E-state index is 10.7. The Morgan fingerprint density at radius 1 is 1.38 bits per heavy atom. The SMILES string of the molecule is CC1(Nc2ccc(C(=O)O)o2)CCCCC1. The smallest absolute Gasteiger partial charge is 0.371 e. The van der Waals surface area contributed by atoms with Crippen molar-refractivity contribution in [1.29, 1.82) is 0 Å². The van der Waals surface area contributed by atoms with Crippen molar-refractivity contribution >= 4 is 11.9 Å². The fraction of sp³-hybridized carbons (Fsp3) is 0.583. The number of furan rings is 1. The molecular formula is C12H17NO3. The summed E-state index contributed by atoms with van der Waals surface area (Å²) in [5.74, 6) is -0.481. The summed E-state index contributed by atoms with van der Waals surface area (Å²) in [5.41, 5.74) is 0.0475. The Morgan fingerprint density at radius 3 is 2.62 bits per heavy atom. The van der Waals surface area contributed by atoms with Crippen LogP contribution in [0.3, 0.4) is 0 Å². The van der Waals surface area contributed by atoms with Crippen molar-refractivity contribution in [3.05, 3.63) is 17.9 Å². The van der Waals surface area contributed by atoms with Gasteiger partial charge >= 0.3 is 5.97 Å². The van der Waals surface area contributed by atoms with Gasteiger partial charge in [-0.1, -0.05) is 19.3 Å². The van der Waals surface area contributed by atoms with Gasteiger partial charge in [0, 0.05) is 11.6 Å². The monoisotopic (exact) mass is 223 g/mol. The summed E-state index contributed by atoms with van der Waals surface area (Å²) in [6.45, 7) is 2.16. The van der Waals surface area contributed by atoms with Gasteiger partial charge in [0.2, 0.25) is 5.76 Å². The molecule has 0 aromatic carbocycles. The minimum atomic E-state index is -1.03. The van der Waals surface area contributed by atoms with E-state index in [1.54, 1.807) is 6.07 Å². The van der Waals surface area contributed by atoms with Crippen molar-refractivity contribution in [2.45, 2.75) is 44.6 Å². The summed E-state index contributed by atoms with van der Waals surface area (Å²) in [4.78, 5) is 10.7. The number of carboxylic acid groups (broad SMARTS) is 1. The second-order valence-corrected chi connectivity index (χ2v) is 4.72. The van der Waals surface area contributed by atoms with Gasteiger partial charge in [-0.05, 0) is 25.8 Å². The fourth-order valence-electron chi connectivity index (χ4n) is 2.27. The lowest BCUT2D eigenvalue weighted by Crippen LogP contribution is -2.36. The molecule has 0 atom stereocenters. The average Bonchev–Trinajstić information content (AvgIpc) is 2.66. The third-order valence-electron chi connectivity index (χ3n) is 3.20. The zero-order valence-corrected chi connectivity index (χ0v) is 9.45. The van der Waals surface area contributed by atoms with Gasteiger partial charge in [0.1, 0.15) is 0 Å². The lowest BCUT2D eigenvalue weighted by molar-refractivity contribution is 0.0663. The molecule has 16 heavy (non-hydrogen) atoms. The number of anilines is 1. The summed E-state index contributed by atoms with van der Waals surface area (Å²) in [6.07, 6.45) is 5.94. The normalized spacial score (nSPS) is 19.3. The fourth-order valence-corrected chi connectivity index (χ4v) is 2.27. The summed E-state index contributed by atoms with van der Waals surface area (Å²) < 4.78 is 5.20. The van der Waals surface area contributed by atoms with Crippen molar-refractivity contribution in [2.24, 2.45) is 0 Å². The molecule has 0 bridgehead atoms. The molecule has 0 unspecified atom stereocenters. The Kier molecular flexibility index (Phi) is 2.90. The van der Waals surface area contributed by atoms with E-state index in [-0.39, 0.29) is 11.3 Å². The number of nitrogens with one attached hydrogen (secondary N) is 1. The third kappa shape index (κ3) is 2.38. The Balaban J connectivity index is 2.04. The largest absolute Gasteiger partial charge is 0.475 e. The van der Waals surface area contributed by atoms with Crippen LogP contribution in [-0.2, 0) is 0 Å². The van der Waals surface area contributed by atoms with Crippen LogP contribution in [0.4, 0.5) is 5.88 Å². The van der Waals surface area contributed by atoms with Gasteiger partial charge in [-0.3, -0.25) is 0 Å². The molecule has 1 saturated carbocycles. The van der Waals surface area contributed by atoms with Gasteiger partial charge in [-0.25, -0.2) is 4.79 Å². The molecule has 1 aromatic heterocycles. The number of hydrogen-bond donors (Lipinski definition) is 2. The van der Waals surface area contributed by atoms with E-state index in [0.717, 1.165) is 12.8 Å². The number of carboxylic acids is 1. The topological polar surface area (TPSA) is 62.5 Å². The van der Waals surface area contributed by atoms with E-state index in [4.69, 9.17) is 9.52 Å². The molecule has 2 rings (SSSR count). The molecule has 2 N–H and O–H groups in total. The highest BCUT2D eigenvalue weighted by atomic mass is 16.4. The zero-order chi connectivity index (χ0) is 11.6. The van der Waals surface area contributed by atoms with Gasteiger partial charge in [0.05, 0.1) is 0 Å². The average molecular weight is 223 g/mol. The van der Waals surface area contributed by atoms with Gasteiger partial charge in [-0.15, -0.1) is 0 Å². The molecule has 88 valence electrons. The number of aromatic carboxylic acids is 1. The van der Waals surface area contributed by atoms with E-state index in [2.05, 4.69) is 12.2 Å². The maximum Gasteiger partial charge on any atom is 0.371 e. The van der Waals surface area contributed by atoms with Crippen LogP contribution in [0.5, 0.6) is 0 Å². The van der Waals surface area contributed by atoms with Crippen LogP contribution in [0.15, 0.2) is 16.5 Å². The van der Waals surface area contributed by atoms with E-state index >= 15 is 0 Å². The van der Waals surface area contributed by atoms with E-state index in [1.807, 2.05) is 0 Å². The first kappa shape index (κ1) is 11.0. The van der Waals surface area contributed by atoms with Crippen LogP contribution in [0.2, 0.25) is 0 Å². The zero-order valence-electron chi connectivity index (χ0n) is 9.45. The molecule has 0 saturated heterocycles. The Bertz CT molecular complexity index is 377. The Hall–Kier alpha value is -1.45. The molecule has 4 nitrogen and oxygen atoms in total. The standard InChI is InChI=1S/C12H17NO3/c1-12(7-3-2-4-8-12)13-10-6-5-9(16-10)11(14)15/h5-6,13H,2-4,7-8H2,1H3,(H,14,15). The molecule has 1 fully saturated rings. The van der Waals surface area contributed by atoms with Gasteiger partial charge in [-0.2, -0.15) is 0 Å². The van der Waals surface area contributed by atoms with Gasteiger partial charge < -0.3 is 14.8 Å². The quantitative estimate of drug-likeness (QED) is 0.826. The highest BCUT2D eigenvalue weighted by Crippen LogP contribution is 2.31. The molecule has 1 aliphatic carbocycles. The minimum Gasteiger partial charge on any atom is -0.475 e. The van der Waals surface area contributed by atoms with Crippen molar-refractivity contribution in [3.8, 4) is 0 Å². The predicted octanol–water partition coefficient (Wildman–Crippen LogP) is 3.11. The predicted molar refractivity (Wildman–Crippen MR) is 60.8 cm³/mol. The van der Waals surface area contributed by atoms with Crippen molar-refractivity contribution in [3.63, 3.8) is 0 Å². The molecule has 0 aliphatic heterocycles. The molecule has 0 amide bonds. The molecular weight excluding hydrogens is 206 g/mol. The van der Waals surface area contributed by atoms with Crippen LogP contribution in [0.1, 0.15) is 49.6 Å². The van der Waals surface area contributed by atoms with Crippen LogP contribution in [0, 0.1) is 0 Å². The lowest BCUT2D eigenvalue weighted by Gasteiger charge is -2.34. The van der Waals surface area contributed by atoms with Crippen LogP contribution < -0.4 is 5.32 Å². The maximum absolute atomic E-state index is 10.7. The molecule has 0 radical (unpaired) electrons. The Morgan fingerprint density at radius 2 is 2.06 bits per heavy atom. The first-order chi connectivity index (χ1) is 7.59. The summed E-state index contributed by atoms with van der Waals surface area (Å²) in [5, 5.41) is 12.0. The number of rotatable bonds is 3. The van der Waals surface area contributed by atoms with Gasteiger partial charge in [0.15, 0.2) is 5.88 Å². The highest BCUT2D eigenvalue weighted by Gasteiger charge is 2.27. The molecule has 0 spiro atoms.